The molecular formula is C15H17BrN2O3S. The normalized spacial score (nSPS) is 20.3. The van der Waals surface area contributed by atoms with E-state index in [0.29, 0.717) is 19.4 Å². The fourth-order valence-corrected chi connectivity index (χ4v) is 4.85. The first-order chi connectivity index (χ1) is 10.4. The van der Waals surface area contributed by atoms with Crippen LogP contribution in [0.25, 0.3) is 10.9 Å². The van der Waals surface area contributed by atoms with Crippen LogP contribution in [-0.4, -0.2) is 36.4 Å². The van der Waals surface area contributed by atoms with Crippen molar-refractivity contribution in [3.8, 4) is 0 Å². The Morgan fingerprint density at radius 1 is 1.36 bits per heavy atom. The third-order valence-electron chi connectivity index (χ3n) is 3.91. The number of rotatable bonds is 4. The van der Waals surface area contributed by atoms with E-state index in [1.807, 2.05) is 35.0 Å². The second-order valence-corrected chi connectivity index (χ2v) is 8.77. The Kier molecular flexibility index (Phi) is 4.27. The predicted molar refractivity (Wildman–Crippen MR) is 89.5 cm³/mol. The van der Waals surface area contributed by atoms with E-state index >= 15 is 0 Å². The molecule has 118 valence electrons. The van der Waals surface area contributed by atoms with Crippen LogP contribution in [0.2, 0.25) is 0 Å². The van der Waals surface area contributed by atoms with Crippen LogP contribution in [0.15, 0.2) is 34.9 Å². The molecule has 22 heavy (non-hydrogen) atoms. The minimum Gasteiger partial charge on any atom is -0.352 e. The zero-order valence-electron chi connectivity index (χ0n) is 12.0. The molecule has 1 fully saturated rings. The van der Waals surface area contributed by atoms with Crippen molar-refractivity contribution < 1.29 is 13.2 Å². The van der Waals surface area contributed by atoms with Gasteiger partial charge in [0.2, 0.25) is 5.91 Å². The third-order valence-corrected chi connectivity index (χ3v) is 6.17. The minimum atomic E-state index is -2.96. The monoisotopic (exact) mass is 384 g/mol. The first-order valence-electron chi connectivity index (χ1n) is 7.17. The van der Waals surface area contributed by atoms with Crippen LogP contribution < -0.4 is 5.32 Å². The topological polar surface area (TPSA) is 68.2 Å². The summed E-state index contributed by atoms with van der Waals surface area (Å²) in [6, 6.07) is 7.81. The van der Waals surface area contributed by atoms with Gasteiger partial charge in [-0.25, -0.2) is 8.42 Å². The molecule has 0 spiro atoms. The maximum atomic E-state index is 12.0. The van der Waals surface area contributed by atoms with Gasteiger partial charge in [-0.1, -0.05) is 15.9 Å². The van der Waals surface area contributed by atoms with E-state index in [1.54, 1.807) is 0 Å². The van der Waals surface area contributed by atoms with Gasteiger partial charge in [0, 0.05) is 40.6 Å². The minimum absolute atomic E-state index is 0.0687. The second-order valence-electron chi connectivity index (χ2n) is 5.63. The molecule has 1 amide bonds. The van der Waals surface area contributed by atoms with E-state index in [9.17, 15) is 13.2 Å². The quantitative estimate of drug-likeness (QED) is 0.877. The number of fused-ring (bicyclic) bond motifs is 1. The highest BCUT2D eigenvalue weighted by Gasteiger charge is 2.28. The number of nitrogens with one attached hydrogen (secondary N) is 1. The molecule has 1 aliphatic heterocycles. The molecule has 1 aliphatic rings. The molecule has 3 rings (SSSR count). The van der Waals surface area contributed by atoms with Gasteiger partial charge in [-0.2, -0.15) is 0 Å². The van der Waals surface area contributed by atoms with Gasteiger partial charge in [-0.05, 0) is 30.7 Å². The van der Waals surface area contributed by atoms with Crippen LogP contribution >= 0.6 is 15.9 Å². The van der Waals surface area contributed by atoms with Crippen molar-refractivity contribution in [2.45, 2.75) is 25.4 Å². The van der Waals surface area contributed by atoms with E-state index in [0.717, 1.165) is 15.4 Å². The summed E-state index contributed by atoms with van der Waals surface area (Å²) in [7, 11) is -2.96. The number of aromatic nitrogens is 1. The van der Waals surface area contributed by atoms with Crippen molar-refractivity contribution in [3.63, 3.8) is 0 Å². The van der Waals surface area contributed by atoms with Crippen molar-refractivity contribution in [3.05, 3.63) is 34.9 Å². The lowest BCUT2D eigenvalue weighted by Crippen LogP contribution is -2.35. The van der Waals surface area contributed by atoms with Gasteiger partial charge in [0.15, 0.2) is 9.84 Å². The predicted octanol–water partition coefficient (Wildman–Crippen LogP) is 2.10. The Bertz CT molecular complexity index is 813. The van der Waals surface area contributed by atoms with Gasteiger partial charge in [-0.15, -0.1) is 0 Å². The van der Waals surface area contributed by atoms with Crippen molar-refractivity contribution in [2.24, 2.45) is 0 Å². The molecule has 1 aromatic heterocycles. The van der Waals surface area contributed by atoms with E-state index in [4.69, 9.17) is 0 Å². The summed E-state index contributed by atoms with van der Waals surface area (Å²) in [5.41, 5.74) is 1.08. The number of aryl methyl sites for hydroxylation is 1. The maximum Gasteiger partial charge on any atom is 0.222 e. The van der Waals surface area contributed by atoms with Gasteiger partial charge in [-0.3, -0.25) is 4.79 Å². The fourth-order valence-electron chi connectivity index (χ4n) is 2.80. The standard InChI is InChI=1S/C15H17BrN2O3S/c16-12-1-2-14-11(9-12)3-6-18(14)7-4-15(19)17-13-5-8-22(20,21)10-13/h1-3,6,9,13H,4-5,7-8,10H2,(H,17,19). The molecule has 0 aliphatic carbocycles. The summed E-state index contributed by atoms with van der Waals surface area (Å²) in [6.45, 7) is 0.580. The van der Waals surface area contributed by atoms with Crippen molar-refractivity contribution in [1.82, 2.24) is 9.88 Å². The second kappa shape index (κ2) is 6.04. The van der Waals surface area contributed by atoms with Crippen LogP contribution in [0.4, 0.5) is 0 Å². The molecule has 5 nitrogen and oxygen atoms in total. The van der Waals surface area contributed by atoms with Crippen molar-refractivity contribution in [2.75, 3.05) is 11.5 Å². The Labute approximate surface area is 137 Å². The number of carbonyl (C=O) groups is 1. The molecule has 0 bridgehead atoms. The van der Waals surface area contributed by atoms with Crippen molar-refractivity contribution in [1.29, 1.82) is 0 Å². The largest absolute Gasteiger partial charge is 0.352 e. The van der Waals surface area contributed by atoms with Gasteiger partial charge in [0.1, 0.15) is 0 Å². The van der Waals surface area contributed by atoms with Gasteiger partial charge >= 0.3 is 0 Å². The molecule has 1 saturated heterocycles. The van der Waals surface area contributed by atoms with Crippen LogP contribution in [0.3, 0.4) is 0 Å². The number of hydrogen-bond acceptors (Lipinski definition) is 3. The Hall–Kier alpha value is -1.34. The molecular weight excluding hydrogens is 368 g/mol. The van der Waals surface area contributed by atoms with Gasteiger partial charge < -0.3 is 9.88 Å². The number of carbonyl (C=O) groups excluding carboxylic acids is 1. The molecule has 1 unspecified atom stereocenters. The first kappa shape index (κ1) is 15.6. The average Bonchev–Trinajstić information content (AvgIpc) is 2.99. The smallest absolute Gasteiger partial charge is 0.222 e. The summed E-state index contributed by atoms with van der Waals surface area (Å²) in [4.78, 5) is 12.0. The highest BCUT2D eigenvalue weighted by atomic mass is 79.9. The van der Waals surface area contributed by atoms with Crippen molar-refractivity contribution >= 4 is 42.6 Å². The summed E-state index contributed by atoms with van der Waals surface area (Å²) in [5, 5.41) is 3.94. The molecule has 1 atom stereocenters. The zero-order valence-corrected chi connectivity index (χ0v) is 14.4. The third kappa shape index (κ3) is 3.52. The van der Waals surface area contributed by atoms with Crippen LogP contribution in [0, 0.1) is 0 Å². The Morgan fingerprint density at radius 3 is 2.91 bits per heavy atom. The lowest BCUT2D eigenvalue weighted by Gasteiger charge is -2.11. The number of hydrogen-bond donors (Lipinski definition) is 1. The number of nitrogens with zero attached hydrogens (tertiary/aromatic N) is 1. The summed E-state index contributed by atoms with van der Waals surface area (Å²) >= 11 is 3.44. The Balaban J connectivity index is 1.58. The van der Waals surface area contributed by atoms with Crippen LogP contribution in [0.1, 0.15) is 12.8 Å². The van der Waals surface area contributed by atoms with Gasteiger partial charge in [0.05, 0.1) is 11.5 Å². The highest BCUT2D eigenvalue weighted by molar-refractivity contribution is 9.10. The molecule has 2 heterocycles. The average molecular weight is 385 g/mol. The summed E-state index contributed by atoms with van der Waals surface area (Å²) in [6.07, 6.45) is 2.83. The number of sulfone groups is 1. The summed E-state index contributed by atoms with van der Waals surface area (Å²) < 4.78 is 25.8. The number of amides is 1. The summed E-state index contributed by atoms with van der Waals surface area (Å²) in [5.74, 6) is 0.148. The van der Waals surface area contributed by atoms with Crippen LogP contribution in [-0.2, 0) is 21.2 Å². The number of halogens is 1. The fraction of sp³-hybridized carbons (Fsp3) is 0.400. The van der Waals surface area contributed by atoms with E-state index < -0.39 is 9.84 Å². The van der Waals surface area contributed by atoms with E-state index in [1.165, 1.54) is 0 Å². The van der Waals surface area contributed by atoms with E-state index in [2.05, 4.69) is 21.2 Å². The molecule has 1 aromatic carbocycles. The molecule has 1 N–H and O–H groups in total. The lowest BCUT2D eigenvalue weighted by atomic mass is 10.2. The zero-order chi connectivity index (χ0) is 15.7. The SMILES string of the molecule is O=C(CCn1ccc2cc(Br)ccc21)NC1CCS(=O)(=O)C1. The van der Waals surface area contributed by atoms with E-state index in [-0.39, 0.29) is 23.5 Å². The Morgan fingerprint density at radius 2 is 2.18 bits per heavy atom. The number of benzene rings is 1. The lowest BCUT2D eigenvalue weighted by molar-refractivity contribution is -0.121. The molecule has 0 radical (unpaired) electrons. The molecule has 0 saturated carbocycles. The van der Waals surface area contributed by atoms with Crippen LogP contribution in [0.5, 0.6) is 0 Å². The molecule has 2 aromatic rings. The highest BCUT2D eigenvalue weighted by Crippen LogP contribution is 2.21. The maximum absolute atomic E-state index is 12.0. The molecule has 7 heteroatoms. The van der Waals surface area contributed by atoms with Gasteiger partial charge in [0.25, 0.3) is 0 Å². The first-order valence-corrected chi connectivity index (χ1v) is 9.78.